The fraction of sp³-hybridized carbons (Fsp3) is 0.0312. The molecule has 1 heterocycles. The van der Waals surface area contributed by atoms with Crippen molar-refractivity contribution in [3.63, 3.8) is 0 Å². The molecule has 28 heteroatoms. The third kappa shape index (κ3) is 12.6. The maximum Gasteiger partial charge on any atom is 1.00 e. The Kier molecular flexibility index (Phi) is 20.1. The number of azo groups is 2. The molecule has 6 aromatic rings. The van der Waals surface area contributed by atoms with E-state index in [1.807, 2.05) is 0 Å². The van der Waals surface area contributed by atoms with Crippen LogP contribution in [0, 0.1) is 27.2 Å². The number of benzene rings is 5. The summed E-state index contributed by atoms with van der Waals surface area (Å²) < 4.78 is 64.8. The summed E-state index contributed by atoms with van der Waals surface area (Å²) in [7, 11) is -9.92. The van der Waals surface area contributed by atoms with Gasteiger partial charge in [0.25, 0.3) is 31.6 Å². The molecule has 0 saturated carbocycles. The van der Waals surface area contributed by atoms with Crippen LogP contribution in [0.1, 0.15) is 5.69 Å². The minimum atomic E-state index is -4.98. The molecule has 22 nitrogen and oxygen atoms in total. The molecule has 0 radical (unpaired) electrons. The van der Waals surface area contributed by atoms with E-state index < -0.39 is 79.7 Å². The van der Waals surface area contributed by atoms with Crippen molar-refractivity contribution in [2.24, 2.45) is 20.5 Å². The van der Waals surface area contributed by atoms with Gasteiger partial charge in [0.05, 0.1) is 15.5 Å². The number of nitrogens with zero attached hydrogens (tertiary/aromatic N) is 8. The average Bonchev–Trinajstić information content (AvgIpc) is 3.42. The molecule has 1 aromatic heterocycles. The summed E-state index contributed by atoms with van der Waals surface area (Å²) in [5, 5.41) is 72.0. The number of aryl methyl sites for hydroxylation is 1. The maximum absolute atomic E-state index is 12.5. The maximum atomic E-state index is 12.5. The summed E-state index contributed by atoms with van der Waals surface area (Å²) in [5.74, 6) is -2.30. The van der Waals surface area contributed by atoms with E-state index in [9.17, 15) is 57.2 Å². The number of phenolic OH excluding ortho intramolecular Hbond substituents is 3. The molecule has 0 amide bonds. The summed E-state index contributed by atoms with van der Waals surface area (Å²) in [4.78, 5) is 30.5. The number of rotatable bonds is 9. The number of hydrogen-bond donors (Lipinski definition) is 5. The van der Waals surface area contributed by atoms with E-state index in [0.29, 0.717) is 23.2 Å². The number of nitro benzene ring substituents is 2. The second-order valence-corrected chi connectivity index (χ2v) is 13.9. The molecule has 6 rings (SSSR count). The van der Waals surface area contributed by atoms with Crippen molar-refractivity contribution in [2.75, 3.05) is 0 Å². The Bertz CT molecular complexity index is 2920. The Hall–Kier alpha value is -3.88. The Labute approximate surface area is 414 Å². The van der Waals surface area contributed by atoms with E-state index in [2.05, 4.69) is 25.6 Å². The first-order valence-electron chi connectivity index (χ1n) is 15.1. The number of fused-ring (bicyclic) bond motifs is 1. The SMILES string of the molecule is Cc1nn(-c2ccccc2)c(=O)[c-]1N=Nc1cc([N+](=O)[O-])cc(S(=O)(=O)O)c1O.O=[N+]([O-])c1cc(N=Nc2c(O)ccc3ccccc23)c(O)c(S(=O)(=O)O)c1.[Cr].[Na+].[Na+].[Na+]. The van der Waals surface area contributed by atoms with Gasteiger partial charge >= 0.3 is 88.7 Å². The largest absolute Gasteiger partial charge is 1.00 e. The summed E-state index contributed by atoms with van der Waals surface area (Å²) in [6.07, 6.45) is 0. The van der Waals surface area contributed by atoms with Gasteiger partial charge in [0.15, 0.2) is 11.5 Å². The average molecular weight is 929 g/mol. The first kappa shape index (κ1) is 54.1. The minimum absolute atomic E-state index is 0. The van der Waals surface area contributed by atoms with Gasteiger partial charge in [-0.25, -0.2) is 9.78 Å². The van der Waals surface area contributed by atoms with Gasteiger partial charge in [0, 0.05) is 47.0 Å². The summed E-state index contributed by atoms with van der Waals surface area (Å²) >= 11 is 0. The van der Waals surface area contributed by atoms with E-state index in [1.165, 1.54) is 13.0 Å². The predicted octanol–water partition coefficient (Wildman–Crippen LogP) is -2.63. The Morgan fingerprint density at radius 1 is 0.700 bits per heavy atom. The molecule has 0 saturated heterocycles. The van der Waals surface area contributed by atoms with Gasteiger partial charge in [-0.1, -0.05) is 61.1 Å². The van der Waals surface area contributed by atoms with Crippen LogP contribution in [-0.4, -0.2) is 60.9 Å². The molecule has 5 N–H and O–H groups in total. The molecular weight excluding hydrogens is 905 g/mol. The Morgan fingerprint density at radius 2 is 1.18 bits per heavy atom. The zero-order valence-electron chi connectivity index (χ0n) is 31.4. The van der Waals surface area contributed by atoms with Crippen molar-refractivity contribution in [3.8, 4) is 22.9 Å². The molecule has 0 atom stereocenters. The van der Waals surface area contributed by atoms with E-state index in [-0.39, 0.29) is 129 Å². The molecular formula is C32H23CrN8Na3O14S2+2. The second kappa shape index (κ2) is 22.3. The molecule has 0 aliphatic heterocycles. The van der Waals surface area contributed by atoms with Crippen LogP contribution in [0.2, 0.25) is 0 Å². The van der Waals surface area contributed by atoms with Crippen LogP contribution < -0.4 is 94.2 Å². The van der Waals surface area contributed by atoms with Gasteiger partial charge in [-0.3, -0.25) is 29.3 Å². The van der Waals surface area contributed by atoms with Crippen molar-refractivity contribution in [1.29, 1.82) is 0 Å². The van der Waals surface area contributed by atoms with Gasteiger partial charge in [-0.15, -0.1) is 15.9 Å². The van der Waals surface area contributed by atoms with Crippen molar-refractivity contribution >= 4 is 65.1 Å². The van der Waals surface area contributed by atoms with Crippen molar-refractivity contribution < 1.29 is 157 Å². The van der Waals surface area contributed by atoms with E-state index in [1.54, 1.807) is 60.7 Å². The van der Waals surface area contributed by atoms with Gasteiger partial charge in [0.1, 0.15) is 38.2 Å². The molecule has 0 spiro atoms. The number of aromatic nitrogens is 2. The molecule has 0 aliphatic rings. The topological polar surface area (TPSA) is 340 Å². The molecule has 60 heavy (non-hydrogen) atoms. The first-order chi connectivity index (χ1) is 26.3. The molecule has 294 valence electrons. The van der Waals surface area contributed by atoms with Crippen LogP contribution in [0.5, 0.6) is 17.2 Å². The van der Waals surface area contributed by atoms with Gasteiger partial charge in [-0.2, -0.15) is 21.9 Å². The summed E-state index contributed by atoms with van der Waals surface area (Å²) in [6, 6.07) is 20.8. The second-order valence-electron chi connectivity index (χ2n) is 11.1. The van der Waals surface area contributed by atoms with Crippen LogP contribution >= 0.6 is 0 Å². The van der Waals surface area contributed by atoms with Crippen molar-refractivity contribution in [2.45, 2.75) is 16.7 Å². The third-order valence-corrected chi connectivity index (χ3v) is 9.17. The van der Waals surface area contributed by atoms with Gasteiger partial charge in [-0.05, 0) is 23.6 Å². The normalized spacial score (nSPS) is 11.1. The summed E-state index contributed by atoms with van der Waals surface area (Å²) in [6.45, 7) is 1.48. The van der Waals surface area contributed by atoms with Crippen molar-refractivity contribution in [3.05, 3.63) is 127 Å². The van der Waals surface area contributed by atoms with E-state index in [4.69, 9.17) is 9.11 Å². The summed E-state index contributed by atoms with van der Waals surface area (Å²) in [5.41, 5.74) is -2.86. The molecule has 0 bridgehead atoms. The number of nitro groups is 2. The Balaban J connectivity index is 0.000000564. The first-order valence-corrected chi connectivity index (χ1v) is 18.0. The fourth-order valence-electron chi connectivity index (χ4n) is 4.83. The molecule has 5 aromatic carbocycles. The molecule has 0 unspecified atom stereocenters. The quantitative estimate of drug-likeness (QED) is 0.0247. The Morgan fingerprint density at radius 3 is 1.68 bits per heavy atom. The number of hydrogen-bond acceptors (Lipinski definition) is 17. The monoisotopic (exact) mass is 928 g/mol. The number of aromatic hydroxyl groups is 3. The van der Waals surface area contributed by atoms with Crippen LogP contribution in [0.4, 0.5) is 34.1 Å². The predicted molar refractivity (Wildman–Crippen MR) is 193 cm³/mol. The van der Waals surface area contributed by atoms with Crippen molar-refractivity contribution in [1.82, 2.24) is 9.78 Å². The smallest absolute Gasteiger partial charge is 0.506 e. The van der Waals surface area contributed by atoms with Crippen LogP contribution in [0.25, 0.3) is 16.5 Å². The van der Waals surface area contributed by atoms with Crippen LogP contribution in [0.15, 0.2) is 126 Å². The van der Waals surface area contributed by atoms with Gasteiger partial charge in [0.2, 0.25) is 0 Å². The number of non-ortho nitro benzene ring substituents is 2. The molecule has 0 aliphatic carbocycles. The van der Waals surface area contributed by atoms with E-state index in [0.717, 1.165) is 22.2 Å². The van der Waals surface area contributed by atoms with E-state index >= 15 is 0 Å². The minimum Gasteiger partial charge on any atom is -0.506 e. The fourth-order valence-corrected chi connectivity index (χ4v) is 6.07. The van der Waals surface area contributed by atoms with Gasteiger partial charge < -0.3 is 25.2 Å². The zero-order valence-corrected chi connectivity index (χ0v) is 40.3. The number of para-hydroxylation sites is 1. The standard InChI is InChI=1S/C16H12N5O7S.C16H11N3O7S.Cr.3Na/c1-9-14(16(23)20(19-9)10-5-3-2-4-6-10)18-17-12-7-11(21(24)25)8-13(15(12)22)29(26,27)28;20-13-6-5-9-3-1-2-4-11(9)15(13)18-17-12-7-10(19(22)23)8-14(16(12)21)27(24,25)26;;;;/h2-8,22H,1H3,(H,26,27,28);1-8,20-21H,(H,24,25,26);;;;/q-1;;;3*+1. The number of phenols is 3. The van der Waals surface area contributed by atoms with Crippen LogP contribution in [0.3, 0.4) is 0 Å². The zero-order chi connectivity index (χ0) is 41.1. The third-order valence-electron chi connectivity index (χ3n) is 7.44. The molecule has 0 fully saturated rings. The van der Waals surface area contributed by atoms with Crippen LogP contribution in [-0.2, 0) is 37.6 Å².